The number of aliphatic imine (C=N–C) groups is 1. The van der Waals surface area contributed by atoms with Crippen LogP contribution in [0.3, 0.4) is 0 Å². The van der Waals surface area contributed by atoms with Crippen LogP contribution < -0.4 is 21.7 Å². The molecule has 230 valence electrons. The molecule has 3 fully saturated rings. The summed E-state index contributed by atoms with van der Waals surface area (Å²) in [5.74, 6) is -2.07. The number of benzene rings is 1. The molecule has 1 saturated carbocycles. The monoisotopic (exact) mass is 610 g/mol. The summed E-state index contributed by atoms with van der Waals surface area (Å²) in [6.07, 6.45) is 2.03. The maximum absolute atomic E-state index is 14.3. The molecule has 2 bridgehead atoms. The third kappa shape index (κ3) is 6.05. The fourth-order valence-corrected chi connectivity index (χ4v) is 6.58. The van der Waals surface area contributed by atoms with Crippen LogP contribution >= 0.6 is 12.6 Å². The summed E-state index contributed by atoms with van der Waals surface area (Å²) in [5, 5.41) is 7.32. The Morgan fingerprint density at radius 1 is 1.16 bits per heavy atom. The zero-order valence-corrected chi connectivity index (χ0v) is 25.5. The van der Waals surface area contributed by atoms with Crippen molar-refractivity contribution in [2.45, 2.75) is 70.3 Å². The van der Waals surface area contributed by atoms with E-state index in [1.165, 1.54) is 17.2 Å². The molecule has 1 aliphatic carbocycles. The van der Waals surface area contributed by atoms with Gasteiger partial charge in [0.1, 0.15) is 24.7 Å². The van der Waals surface area contributed by atoms with Crippen molar-refractivity contribution in [2.75, 3.05) is 6.54 Å². The number of fused-ring (bicyclic) bond motifs is 5. The molecule has 2 saturated heterocycles. The molecule has 3 aliphatic heterocycles. The van der Waals surface area contributed by atoms with E-state index in [1.54, 1.807) is 26.0 Å². The number of carbonyl (C=O) groups is 5. The van der Waals surface area contributed by atoms with E-state index in [9.17, 15) is 24.0 Å². The van der Waals surface area contributed by atoms with Crippen LogP contribution in [0.5, 0.6) is 0 Å². The van der Waals surface area contributed by atoms with Gasteiger partial charge in [0.25, 0.3) is 5.91 Å². The Labute approximate surface area is 255 Å². The summed E-state index contributed by atoms with van der Waals surface area (Å²) in [6.45, 7) is 7.71. The van der Waals surface area contributed by atoms with Crippen molar-refractivity contribution in [1.82, 2.24) is 20.9 Å². The van der Waals surface area contributed by atoms with Crippen molar-refractivity contribution in [3.8, 4) is 0 Å². The van der Waals surface area contributed by atoms with Gasteiger partial charge in [0, 0.05) is 30.2 Å². The predicted octanol–water partition coefficient (Wildman–Crippen LogP) is 0.916. The normalized spacial score (nSPS) is 33.1. The first-order valence-corrected chi connectivity index (χ1v) is 14.8. The molecule has 12 nitrogen and oxygen atoms in total. The molecule has 1 aromatic rings. The van der Waals surface area contributed by atoms with Gasteiger partial charge in [0.2, 0.25) is 17.7 Å². The number of carbonyl (C=O) groups excluding carboxylic acids is 5. The van der Waals surface area contributed by atoms with Crippen LogP contribution in [0.4, 0.5) is 4.79 Å². The van der Waals surface area contributed by atoms with Crippen molar-refractivity contribution < 1.29 is 28.7 Å². The van der Waals surface area contributed by atoms with Gasteiger partial charge < -0.3 is 31.3 Å². The Morgan fingerprint density at radius 2 is 1.86 bits per heavy atom. The van der Waals surface area contributed by atoms with Crippen LogP contribution in [-0.4, -0.2) is 76.9 Å². The maximum atomic E-state index is 14.3. The minimum atomic E-state index is -1.23. The average molecular weight is 611 g/mol. The Morgan fingerprint density at radius 3 is 2.53 bits per heavy atom. The summed E-state index contributed by atoms with van der Waals surface area (Å²) < 4.78 is 5.42. The van der Waals surface area contributed by atoms with E-state index in [4.69, 9.17) is 10.5 Å². The smallest absolute Gasteiger partial charge is 0.408 e. The highest BCUT2D eigenvalue weighted by molar-refractivity contribution is 7.81. The topological polar surface area (TPSA) is 172 Å². The molecule has 4 aliphatic rings. The van der Waals surface area contributed by atoms with Gasteiger partial charge in [-0.25, -0.2) is 9.79 Å². The average Bonchev–Trinajstić information content (AvgIpc) is 3.28. The zero-order valence-electron chi connectivity index (χ0n) is 24.6. The van der Waals surface area contributed by atoms with Crippen molar-refractivity contribution in [1.29, 1.82) is 0 Å². The lowest BCUT2D eigenvalue weighted by Gasteiger charge is -2.37. The number of rotatable bonds is 4. The summed E-state index contributed by atoms with van der Waals surface area (Å²) in [6, 6.07) is 5.22. The Kier molecular flexibility index (Phi) is 8.16. The first-order valence-electron chi connectivity index (χ1n) is 14.3. The number of nitrogens with zero attached hydrogens (tertiary/aromatic N) is 2. The van der Waals surface area contributed by atoms with Gasteiger partial charge in [-0.05, 0) is 22.8 Å². The van der Waals surface area contributed by atoms with E-state index in [0.29, 0.717) is 6.54 Å². The second-order valence-corrected chi connectivity index (χ2v) is 13.5. The number of thiol groups is 1. The number of piperidine rings is 1. The minimum absolute atomic E-state index is 0.0181. The predicted molar refractivity (Wildman–Crippen MR) is 161 cm³/mol. The Bertz CT molecular complexity index is 1390. The van der Waals surface area contributed by atoms with Crippen molar-refractivity contribution in [2.24, 2.45) is 33.4 Å². The lowest BCUT2D eigenvalue weighted by atomic mass is 9.84. The molecule has 5 rings (SSSR count). The highest BCUT2D eigenvalue weighted by atomic mass is 32.1. The van der Waals surface area contributed by atoms with Gasteiger partial charge in [-0.3, -0.25) is 19.2 Å². The molecule has 7 atom stereocenters. The molecule has 5 amide bonds. The number of ether oxygens (including phenoxy) is 1. The van der Waals surface area contributed by atoms with E-state index >= 15 is 0 Å². The Balaban J connectivity index is 1.50. The van der Waals surface area contributed by atoms with Gasteiger partial charge in [-0.15, -0.1) is 0 Å². The first kappa shape index (κ1) is 30.7. The summed E-state index contributed by atoms with van der Waals surface area (Å²) in [4.78, 5) is 72.5. The molecular weight excluding hydrogens is 572 g/mol. The molecule has 0 spiro atoms. The number of nitrogens with one attached hydrogen (secondary N) is 3. The van der Waals surface area contributed by atoms with Crippen LogP contribution in [0.25, 0.3) is 0 Å². The van der Waals surface area contributed by atoms with Crippen molar-refractivity contribution in [3.63, 3.8) is 0 Å². The van der Waals surface area contributed by atoms with E-state index < -0.39 is 64.7 Å². The molecule has 1 aromatic carbocycles. The van der Waals surface area contributed by atoms with E-state index in [-0.39, 0.29) is 35.9 Å². The molecule has 1 unspecified atom stereocenters. The van der Waals surface area contributed by atoms with Crippen LogP contribution in [0.1, 0.15) is 39.7 Å². The molecule has 3 heterocycles. The largest absolute Gasteiger partial charge is 0.445 e. The number of hydrogen-bond acceptors (Lipinski definition) is 8. The number of hydrogen-bond donors (Lipinski definition) is 5. The molecular formula is C30H38N6O6S. The molecule has 0 radical (unpaired) electrons. The van der Waals surface area contributed by atoms with Crippen molar-refractivity contribution >= 4 is 48.6 Å². The lowest BCUT2D eigenvalue weighted by molar-refractivity contribution is -0.143. The fraction of sp³-hybridized carbons (Fsp3) is 0.533. The summed E-state index contributed by atoms with van der Waals surface area (Å²) >= 11 is 4.33. The first-order chi connectivity index (χ1) is 20.2. The zero-order chi connectivity index (χ0) is 31.3. The Hall–Kier alpha value is -3.71. The quantitative estimate of drug-likeness (QED) is 0.249. The lowest BCUT2D eigenvalue weighted by Crippen LogP contribution is -2.61. The van der Waals surface area contributed by atoms with Gasteiger partial charge >= 0.3 is 6.09 Å². The van der Waals surface area contributed by atoms with Crippen LogP contribution in [-0.2, 0) is 30.5 Å². The minimum Gasteiger partial charge on any atom is -0.445 e. The highest BCUT2D eigenvalue weighted by Crippen LogP contribution is 2.65. The highest BCUT2D eigenvalue weighted by Gasteiger charge is 2.70. The second-order valence-electron chi connectivity index (χ2n) is 12.9. The SMILES string of the molecule is CC1(C)C=NC(=O)[C@@H]2C/C(=C\[C@@H](C(N)S)NC(=O)[C@@H]3[C@@H]4[C@H](CN3C(=O)[C@H]1NC(=O)OCc1ccccc1)C4(C)C)C(=O)N2. The van der Waals surface area contributed by atoms with E-state index in [2.05, 4.69) is 47.4 Å². The van der Waals surface area contributed by atoms with Crippen molar-refractivity contribution in [3.05, 3.63) is 47.5 Å². The third-order valence-electron chi connectivity index (χ3n) is 9.13. The molecule has 13 heteroatoms. The molecule has 0 aromatic heterocycles. The van der Waals surface area contributed by atoms with Gasteiger partial charge in [0.15, 0.2) is 0 Å². The van der Waals surface area contributed by atoms with Gasteiger partial charge in [-0.1, -0.05) is 64.1 Å². The second kappa shape index (κ2) is 11.4. The van der Waals surface area contributed by atoms with Crippen LogP contribution in [0, 0.1) is 22.7 Å². The standard InChI is InChI=1S/C30H38N6O6S/c1-29(2)14-32-25(38)19-11-16(24(37)34-19)10-18(23(31)43)33-26(39)21-20-17(30(20,3)4)12-36(21)27(40)22(29)35-28(41)42-13-15-8-6-5-7-9-15/h5-10,14,17-23,43H,11-13,31H2,1-4H3,(H,33,39)(H,34,37)(H,35,41)/b16-10+,32-14?/t17-,18-,19-,20-,21-,22+,23?/m0/s1. The summed E-state index contributed by atoms with van der Waals surface area (Å²) in [7, 11) is 0. The molecule has 43 heavy (non-hydrogen) atoms. The number of nitrogens with two attached hydrogens (primary N) is 1. The van der Waals surface area contributed by atoms with Gasteiger partial charge in [0.05, 0.1) is 11.4 Å². The fourth-order valence-electron chi connectivity index (χ4n) is 6.42. The van der Waals surface area contributed by atoms with E-state index in [0.717, 1.165) is 5.56 Å². The number of alkyl carbamates (subject to hydrolysis) is 1. The van der Waals surface area contributed by atoms with Gasteiger partial charge in [-0.2, -0.15) is 12.6 Å². The molecule has 5 N–H and O–H groups in total. The maximum Gasteiger partial charge on any atom is 0.408 e. The third-order valence-corrected chi connectivity index (χ3v) is 9.45. The summed E-state index contributed by atoms with van der Waals surface area (Å²) in [5.41, 5.74) is 5.75. The van der Waals surface area contributed by atoms with Crippen LogP contribution in [0.2, 0.25) is 0 Å². The van der Waals surface area contributed by atoms with Crippen LogP contribution in [0.15, 0.2) is 47.0 Å². The number of amides is 5. The van der Waals surface area contributed by atoms with E-state index in [1.807, 2.05) is 18.2 Å².